The van der Waals surface area contributed by atoms with Crippen molar-refractivity contribution in [1.29, 1.82) is 0 Å². The molecule has 0 aliphatic carbocycles. The van der Waals surface area contributed by atoms with Crippen molar-refractivity contribution >= 4 is 17.3 Å². The molecule has 0 atom stereocenters. The first kappa shape index (κ1) is 10.1. The number of benzene rings is 1. The topological polar surface area (TPSA) is 27.8 Å². The van der Waals surface area contributed by atoms with Crippen LogP contribution < -0.4 is 5.32 Å². The Hall–Kier alpha value is -1.41. The van der Waals surface area contributed by atoms with Crippen LogP contribution in [0.3, 0.4) is 0 Å². The molecule has 2 aromatic rings. The van der Waals surface area contributed by atoms with Gasteiger partial charge in [-0.3, -0.25) is 0 Å². The number of hydrogen-bond donors (Lipinski definition) is 2. The van der Waals surface area contributed by atoms with Crippen molar-refractivity contribution in [2.24, 2.45) is 0 Å². The quantitative estimate of drug-likeness (QED) is 0.813. The molecule has 0 aliphatic heterocycles. The molecule has 0 saturated heterocycles. The van der Waals surface area contributed by atoms with Crippen LogP contribution in [0.1, 0.15) is 11.1 Å². The summed E-state index contributed by atoms with van der Waals surface area (Å²) in [4.78, 5) is 3.02. The van der Waals surface area contributed by atoms with Crippen LogP contribution in [-0.2, 0) is 6.54 Å². The normalized spacial score (nSPS) is 10.3. The monoisotopic (exact) mass is 220 g/mol. The van der Waals surface area contributed by atoms with E-state index in [1.807, 2.05) is 30.6 Å². The van der Waals surface area contributed by atoms with Crippen LogP contribution in [0.4, 0.5) is 5.69 Å². The molecule has 0 aliphatic rings. The average Bonchev–Trinajstić information content (AvgIpc) is 2.72. The van der Waals surface area contributed by atoms with Crippen LogP contribution in [-0.4, -0.2) is 4.98 Å². The fourth-order valence-corrected chi connectivity index (χ4v) is 1.62. The molecule has 0 unspecified atom stereocenters. The third kappa shape index (κ3) is 2.54. The van der Waals surface area contributed by atoms with Gasteiger partial charge in [0.25, 0.3) is 0 Å². The van der Waals surface area contributed by atoms with Crippen molar-refractivity contribution in [3.63, 3.8) is 0 Å². The molecule has 1 aromatic heterocycles. The van der Waals surface area contributed by atoms with E-state index < -0.39 is 0 Å². The molecule has 1 heterocycles. The van der Waals surface area contributed by atoms with Crippen LogP contribution in [0.15, 0.2) is 36.7 Å². The number of halogens is 1. The predicted octanol–water partition coefficient (Wildman–Crippen LogP) is 3.59. The molecular weight excluding hydrogens is 208 g/mol. The highest BCUT2D eigenvalue weighted by molar-refractivity contribution is 6.33. The number of hydrogen-bond acceptors (Lipinski definition) is 1. The minimum Gasteiger partial charge on any atom is -0.380 e. The van der Waals surface area contributed by atoms with Gasteiger partial charge in [-0.1, -0.05) is 17.7 Å². The zero-order valence-electron chi connectivity index (χ0n) is 8.55. The number of rotatable bonds is 3. The van der Waals surface area contributed by atoms with Crippen molar-refractivity contribution in [2.75, 3.05) is 5.32 Å². The summed E-state index contributed by atoms with van der Waals surface area (Å²) in [5.41, 5.74) is 3.40. The summed E-state index contributed by atoms with van der Waals surface area (Å²) in [6, 6.07) is 8.01. The van der Waals surface area contributed by atoms with Gasteiger partial charge >= 0.3 is 0 Å². The Balaban J connectivity index is 2.07. The van der Waals surface area contributed by atoms with Crippen LogP contribution in [0.25, 0.3) is 0 Å². The summed E-state index contributed by atoms with van der Waals surface area (Å²) in [5.74, 6) is 0. The maximum absolute atomic E-state index is 6.07. The average molecular weight is 221 g/mol. The molecule has 0 saturated carbocycles. The highest BCUT2D eigenvalue weighted by Crippen LogP contribution is 2.23. The van der Waals surface area contributed by atoms with Gasteiger partial charge in [-0.2, -0.15) is 0 Å². The van der Waals surface area contributed by atoms with Gasteiger partial charge in [0.05, 0.1) is 10.7 Å². The fraction of sp³-hybridized carbons (Fsp3) is 0.167. The zero-order chi connectivity index (χ0) is 10.7. The van der Waals surface area contributed by atoms with Crippen molar-refractivity contribution < 1.29 is 0 Å². The Morgan fingerprint density at radius 2 is 2.20 bits per heavy atom. The Morgan fingerprint density at radius 1 is 1.33 bits per heavy atom. The highest BCUT2D eigenvalue weighted by Gasteiger charge is 2.00. The lowest BCUT2D eigenvalue weighted by Crippen LogP contribution is -1.98. The van der Waals surface area contributed by atoms with Gasteiger partial charge in [-0.25, -0.2) is 0 Å². The predicted molar refractivity (Wildman–Crippen MR) is 64.3 cm³/mol. The van der Waals surface area contributed by atoms with Crippen LogP contribution in [0.2, 0.25) is 5.02 Å². The van der Waals surface area contributed by atoms with Gasteiger partial charge in [0.1, 0.15) is 0 Å². The van der Waals surface area contributed by atoms with E-state index in [4.69, 9.17) is 11.6 Å². The van der Waals surface area contributed by atoms with E-state index in [-0.39, 0.29) is 0 Å². The van der Waals surface area contributed by atoms with Gasteiger partial charge in [0, 0.05) is 18.9 Å². The smallest absolute Gasteiger partial charge is 0.0637 e. The maximum Gasteiger partial charge on any atom is 0.0637 e. The standard InChI is InChI=1S/C12H13ClN2/c1-9-2-3-11(13)12(6-9)15-8-10-4-5-14-7-10/h2-7,14-15H,8H2,1H3. The second-order valence-corrected chi connectivity index (χ2v) is 3.96. The third-order valence-corrected chi connectivity index (χ3v) is 2.60. The largest absolute Gasteiger partial charge is 0.380 e. The van der Waals surface area contributed by atoms with E-state index in [0.29, 0.717) is 0 Å². The molecular formula is C12H13ClN2. The Kier molecular flexibility index (Phi) is 2.97. The molecule has 3 heteroatoms. The Labute approximate surface area is 94.3 Å². The molecule has 0 fully saturated rings. The molecule has 78 valence electrons. The second-order valence-electron chi connectivity index (χ2n) is 3.56. The second kappa shape index (κ2) is 4.41. The molecule has 0 amide bonds. The molecule has 2 nitrogen and oxygen atoms in total. The van der Waals surface area contributed by atoms with E-state index in [1.54, 1.807) is 0 Å². The lowest BCUT2D eigenvalue weighted by atomic mass is 10.2. The Morgan fingerprint density at radius 3 is 2.93 bits per heavy atom. The number of H-pyrrole nitrogens is 1. The molecule has 0 spiro atoms. The lowest BCUT2D eigenvalue weighted by molar-refractivity contribution is 1.15. The van der Waals surface area contributed by atoms with Gasteiger partial charge in [-0.15, -0.1) is 0 Å². The zero-order valence-corrected chi connectivity index (χ0v) is 9.31. The summed E-state index contributed by atoms with van der Waals surface area (Å²) in [6.45, 7) is 2.84. The van der Waals surface area contributed by atoms with Crippen LogP contribution in [0.5, 0.6) is 0 Å². The van der Waals surface area contributed by atoms with Gasteiger partial charge in [0.15, 0.2) is 0 Å². The number of aryl methyl sites for hydroxylation is 1. The van der Waals surface area contributed by atoms with Gasteiger partial charge < -0.3 is 10.3 Å². The number of nitrogens with one attached hydrogen (secondary N) is 2. The molecule has 0 bridgehead atoms. The summed E-state index contributed by atoms with van der Waals surface area (Å²) in [5, 5.41) is 4.06. The molecule has 2 rings (SSSR count). The minimum absolute atomic E-state index is 0.760. The number of aromatic nitrogens is 1. The van der Waals surface area contributed by atoms with E-state index in [1.165, 1.54) is 11.1 Å². The van der Waals surface area contributed by atoms with Crippen molar-refractivity contribution in [1.82, 2.24) is 4.98 Å². The highest BCUT2D eigenvalue weighted by atomic mass is 35.5. The van der Waals surface area contributed by atoms with Gasteiger partial charge in [0.2, 0.25) is 0 Å². The summed E-state index contributed by atoms with van der Waals surface area (Å²) in [6.07, 6.45) is 3.88. The van der Waals surface area contributed by atoms with Gasteiger partial charge in [-0.05, 0) is 36.2 Å². The van der Waals surface area contributed by atoms with Crippen LogP contribution >= 0.6 is 11.6 Å². The summed E-state index contributed by atoms with van der Waals surface area (Å²) >= 11 is 6.07. The van der Waals surface area contributed by atoms with E-state index >= 15 is 0 Å². The van der Waals surface area contributed by atoms with Crippen LogP contribution in [0, 0.1) is 6.92 Å². The Bertz CT molecular complexity index is 435. The first-order valence-electron chi connectivity index (χ1n) is 4.87. The molecule has 15 heavy (non-hydrogen) atoms. The molecule has 2 N–H and O–H groups in total. The van der Waals surface area contributed by atoms with E-state index in [2.05, 4.69) is 23.3 Å². The van der Waals surface area contributed by atoms with Crippen molar-refractivity contribution in [2.45, 2.75) is 13.5 Å². The number of anilines is 1. The SMILES string of the molecule is Cc1ccc(Cl)c(NCc2cc[nH]c2)c1. The third-order valence-electron chi connectivity index (χ3n) is 2.27. The lowest BCUT2D eigenvalue weighted by Gasteiger charge is -2.08. The maximum atomic E-state index is 6.07. The van der Waals surface area contributed by atoms with E-state index in [0.717, 1.165) is 17.3 Å². The first-order valence-corrected chi connectivity index (χ1v) is 5.25. The number of aromatic amines is 1. The van der Waals surface area contributed by atoms with Crippen molar-refractivity contribution in [3.8, 4) is 0 Å². The summed E-state index contributed by atoms with van der Waals surface area (Å²) in [7, 11) is 0. The van der Waals surface area contributed by atoms with Crippen molar-refractivity contribution in [3.05, 3.63) is 52.8 Å². The summed E-state index contributed by atoms with van der Waals surface area (Å²) < 4.78 is 0. The fourth-order valence-electron chi connectivity index (χ4n) is 1.44. The minimum atomic E-state index is 0.760. The first-order chi connectivity index (χ1) is 7.25. The molecule has 1 aromatic carbocycles. The molecule has 0 radical (unpaired) electrons. The van der Waals surface area contributed by atoms with E-state index in [9.17, 15) is 0 Å².